The maximum Gasteiger partial charge on any atom is 0.180 e. The molecule has 0 spiro atoms. The van der Waals surface area contributed by atoms with Gasteiger partial charge >= 0.3 is 0 Å². The molecule has 1 aliphatic heterocycles. The summed E-state index contributed by atoms with van der Waals surface area (Å²) in [7, 11) is -3.06. The van der Waals surface area contributed by atoms with Crippen LogP contribution in [0.15, 0.2) is 29.2 Å². The fourth-order valence-electron chi connectivity index (χ4n) is 1.99. The van der Waals surface area contributed by atoms with E-state index in [1.807, 2.05) is 26.0 Å². The van der Waals surface area contributed by atoms with E-state index in [1.54, 1.807) is 12.1 Å². The van der Waals surface area contributed by atoms with Crippen LogP contribution in [0, 0.1) is 0 Å². The maximum absolute atomic E-state index is 11.8. The zero-order chi connectivity index (χ0) is 11.1. The zero-order valence-corrected chi connectivity index (χ0v) is 9.71. The van der Waals surface area contributed by atoms with Gasteiger partial charge in [0.05, 0.1) is 10.6 Å². The van der Waals surface area contributed by atoms with E-state index in [-0.39, 0.29) is 17.8 Å². The van der Waals surface area contributed by atoms with Crippen molar-refractivity contribution in [3.05, 3.63) is 29.8 Å². The lowest BCUT2D eigenvalue weighted by molar-refractivity contribution is 0.508. The number of hydrogen-bond acceptors (Lipinski definition) is 3. The second-order valence-electron chi connectivity index (χ2n) is 4.19. The van der Waals surface area contributed by atoms with E-state index in [2.05, 4.69) is 5.32 Å². The predicted octanol–water partition coefficient (Wildman–Crippen LogP) is 1.51. The van der Waals surface area contributed by atoms with Gasteiger partial charge in [-0.3, -0.25) is 0 Å². The van der Waals surface area contributed by atoms with E-state index in [0.29, 0.717) is 4.90 Å². The highest BCUT2D eigenvalue weighted by molar-refractivity contribution is 7.91. The Balaban J connectivity index is 2.43. The fourth-order valence-corrected chi connectivity index (χ4v) is 3.74. The molecule has 0 radical (unpaired) electrons. The summed E-state index contributed by atoms with van der Waals surface area (Å²) in [5.74, 6) is 0.185. The minimum Gasteiger partial charge on any atom is -0.307 e. The van der Waals surface area contributed by atoms with Crippen molar-refractivity contribution < 1.29 is 8.42 Å². The van der Waals surface area contributed by atoms with Crippen LogP contribution in [0.5, 0.6) is 0 Å². The van der Waals surface area contributed by atoms with Gasteiger partial charge < -0.3 is 5.32 Å². The molecule has 1 N–H and O–H groups in total. The van der Waals surface area contributed by atoms with E-state index >= 15 is 0 Å². The number of nitrogens with one attached hydrogen (secondary N) is 1. The summed E-state index contributed by atoms with van der Waals surface area (Å²) in [6, 6.07) is 7.47. The zero-order valence-electron chi connectivity index (χ0n) is 8.90. The Hall–Kier alpha value is -0.870. The summed E-state index contributed by atoms with van der Waals surface area (Å²) in [5, 5.41) is 3.27. The lowest BCUT2D eigenvalue weighted by atomic mass is 10.1. The van der Waals surface area contributed by atoms with Crippen LogP contribution in [0.4, 0.5) is 0 Å². The van der Waals surface area contributed by atoms with Crippen LogP contribution in [-0.2, 0) is 9.84 Å². The molecule has 2 rings (SSSR count). The van der Waals surface area contributed by atoms with E-state index in [4.69, 9.17) is 0 Å². The summed E-state index contributed by atoms with van der Waals surface area (Å²) in [6.07, 6.45) is 0. The molecule has 0 saturated carbocycles. The third-order valence-electron chi connectivity index (χ3n) is 2.55. The van der Waals surface area contributed by atoms with Crippen LogP contribution < -0.4 is 5.32 Å². The highest BCUT2D eigenvalue weighted by Gasteiger charge is 2.34. The lowest BCUT2D eigenvalue weighted by Crippen LogP contribution is -2.29. The number of sulfone groups is 1. The highest BCUT2D eigenvalue weighted by Crippen LogP contribution is 2.33. The number of benzene rings is 1. The van der Waals surface area contributed by atoms with Crippen molar-refractivity contribution in [1.29, 1.82) is 0 Å². The van der Waals surface area contributed by atoms with Gasteiger partial charge in [-0.25, -0.2) is 8.42 Å². The Morgan fingerprint density at radius 2 is 2.00 bits per heavy atom. The molecule has 82 valence electrons. The van der Waals surface area contributed by atoms with Gasteiger partial charge in [0.15, 0.2) is 9.84 Å². The normalized spacial score (nSPS) is 23.0. The van der Waals surface area contributed by atoms with Crippen molar-refractivity contribution in [2.45, 2.75) is 30.8 Å². The van der Waals surface area contributed by atoms with Crippen LogP contribution in [0.1, 0.15) is 25.5 Å². The SMILES string of the molecule is CC(C)N[C@H]1CS(=O)(=O)c2ccccc21. The Morgan fingerprint density at radius 1 is 1.33 bits per heavy atom. The third kappa shape index (κ3) is 1.92. The van der Waals surface area contributed by atoms with Crippen molar-refractivity contribution in [3.8, 4) is 0 Å². The van der Waals surface area contributed by atoms with Gasteiger partial charge in [0.25, 0.3) is 0 Å². The fraction of sp³-hybridized carbons (Fsp3) is 0.455. The Kier molecular flexibility index (Phi) is 2.56. The highest BCUT2D eigenvalue weighted by atomic mass is 32.2. The molecule has 1 heterocycles. The van der Waals surface area contributed by atoms with Crippen molar-refractivity contribution in [2.75, 3.05) is 5.75 Å². The molecule has 1 atom stereocenters. The maximum atomic E-state index is 11.8. The van der Waals surface area contributed by atoms with Gasteiger partial charge in [0, 0.05) is 12.1 Å². The molecule has 0 bridgehead atoms. The molecule has 0 saturated heterocycles. The first-order valence-corrected chi connectivity index (χ1v) is 6.73. The van der Waals surface area contributed by atoms with Crippen LogP contribution in [0.25, 0.3) is 0 Å². The van der Waals surface area contributed by atoms with Crippen molar-refractivity contribution in [3.63, 3.8) is 0 Å². The molecule has 1 aromatic rings. The quantitative estimate of drug-likeness (QED) is 0.830. The molecule has 4 heteroatoms. The molecule has 0 unspecified atom stereocenters. The van der Waals surface area contributed by atoms with Crippen LogP contribution >= 0.6 is 0 Å². The van der Waals surface area contributed by atoms with Crippen LogP contribution in [-0.4, -0.2) is 20.2 Å². The smallest absolute Gasteiger partial charge is 0.180 e. The first-order chi connectivity index (χ1) is 7.00. The largest absolute Gasteiger partial charge is 0.307 e. The lowest BCUT2D eigenvalue weighted by Gasteiger charge is -2.15. The summed E-state index contributed by atoms with van der Waals surface area (Å²) >= 11 is 0. The first-order valence-electron chi connectivity index (χ1n) is 5.08. The number of rotatable bonds is 2. The molecule has 1 aliphatic rings. The Bertz CT molecular complexity index is 465. The molecule has 3 nitrogen and oxygen atoms in total. The first kappa shape index (κ1) is 10.6. The number of hydrogen-bond donors (Lipinski definition) is 1. The summed E-state index contributed by atoms with van der Waals surface area (Å²) < 4.78 is 23.6. The molecule has 0 amide bonds. The van der Waals surface area contributed by atoms with E-state index < -0.39 is 9.84 Å². The van der Waals surface area contributed by atoms with E-state index in [9.17, 15) is 8.42 Å². The predicted molar refractivity (Wildman–Crippen MR) is 59.5 cm³/mol. The van der Waals surface area contributed by atoms with Gasteiger partial charge in [-0.05, 0) is 11.6 Å². The average Bonchev–Trinajstić information content (AvgIpc) is 2.39. The molecule has 0 fully saturated rings. The van der Waals surface area contributed by atoms with Gasteiger partial charge in [0.1, 0.15) is 0 Å². The van der Waals surface area contributed by atoms with Crippen LogP contribution in [0.3, 0.4) is 0 Å². The van der Waals surface area contributed by atoms with Crippen molar-refractivity contribution >= 4 is 9.84 Å². The topological polar surface area (TPSA) is 46.2 Å². The molecule has 0 aromatic heterocycles. The Morgan fingerprint density at radius 3 is 2.67 bits per heavy atom. The minimum atomic E-state index is -3.06. The second-order valence-corrected chi connectivity index (χ2v) is 6.20. The third-order valence-corrected chi connectivity index (χ3v) is 4.36. The molecule has 15 heavy (non-hydrogen) atoms. The van der Waals surface area contributed by atoms with Gasteiger partial charge in [0.2, 0.25) is 0 Å². The molecular formula is C11H15NO2S. The van der Waals surface area contributed by atoms with Crippen molar-refractivity contribution in [1.82, 2.24) is 5.32 Å². The van der Waals surface area contributed by atoms with Crippen LogP contribution in [0.2, 0.25) is 0 Å². The number of fused-ring (bicyclic) bond motifs is 1. The minimum absolute atomic E-state index is 0.0498. The summed E-state index contributed by atoms with van der Waals surface area (Å²) in [6.45, 7) is 4.04. The van der Waals surface area contributed by atoms with E-state index in [1.165, 1.54) is 0 Å². The monoisotopic (exact) mass is 225 g/mol. The average molecular weight is 225 g/mol. The van der Waals surface area contributed by atoms with Crippen molar-refractivity contribution in [2.24, 2.45) is 0 Å². The van der Waals surface area contributed by atoms with Gasteiger partial charge in [-0.2, -0.15) is 0 Å². The molecule has 0 aliphatic carbocycles. The summed E-state index contributed by atoms with van der Waals surface area (Å²) in [5.41, 5.74) is 0.909. The van der Waals surface area contributed by atoms with Gasteiger partial charge in [-0.1, -0.05) is 32.0 Å². The summed E-state index contributed by atoms with van der Waals surface area (Å²) in [4.78, 5) is 0.489. The molecular weight excluding hydrogens is 210 g/mol. The standard InChI is InChI=1S/C11H15NO2S/c1-8(2)12-10-7-15(13,14)11-6-4-3-5-9(10)11/h3-6,8,10,12H,7H2,1-2H3/t10-/m0/s1. The van der Waals surface area contributed by atoms with E-state index in [0.717, 1.165) is 5.56 Å². The second kappa shape index (κ2) is 3.61. The molecule has 1 aromatic carbocycles. The Labute approximate surface area is 90.4 Å². The van der Waals surface area contributed by atoms with Gasteiger partial charge in [-0.15, -0.1) is 0 Å².